The first-order valence-corrected chi connectivity index (χ1v) is 6.15. The molecular formula is C14H22N2O3. The third-order valence-corrected chi connectivity index (χ3v) is 2.86. The first-order valence-electron chi connectivity index (χ1n) is 6.15. The fourth-order valence-electron chi connectivity index (χ4n) is 1.71. The van der Waals surface area contributed by atoms with E-state index in [2.05, 4.69) is 5.32 Å². The maximum absolute atomic E-state index is 12.0. The molecule has 0 spiro atoms. The van der Waals surface area contributed by atoms with E-state index in [1.165, 1.54) is 0 Å². The highest BCUT2D eigenvalue weighted by Crippen LogP contribution is 2.29. The zero-order chi connectivity index (χ0) is 14.4. The van der Waals surface area contributed by atoms with Crippen molar-refractivity contribution in [3.63, 3.8) is 0 Å². The number of rotatable bonds is 6. The normalized spacial score (nSPS) is 10.4. The van der Waals surface area contributed by atoms with Crippen molar-refractivity contribution in [1.29, 1.82) is 0 Å². The second-order valence-corrected chi connectivity index (χ2v) is 4.56. The molecule has 0 unspecified atom stereocenters. The summed E-state index contributed by atoms with van der Waals surface area (Å²) in [7, 11) is 7.08. The highest BCUT2D eigenvalue weighted by atomic mass is 16.5. The molecule has 0 heterocycles. The van der Waals surface area contributed by atoms with Crippen LogP contribution in [0, 0.1) is 6.92 Å². The summed E-state index contributed by atoms with van der Waals surface area (Å²) in [4.78, 5) is 14.0. The first-order chi connectivity index (χ1) is 8.99. The molecule has 5 heteroatoms. The summed E-state index contributed by atoms with van der Waals surface area (Å²) in [6, 6.07) is 3.45. The molecule has 1 N–H and O–H groups in total. The van der Waals surface area contributed by atoms with E-state index in [1.54, 1.807) is 26.4 Å². The van der Waals surface area contributed by atoms with E-state index in [4.69, 9.17) is 9.47 Å². The Hall–Kier alpha value is -1.75. The Balaban J connectivity index is 2.85. The van der Waals surface area contributed by atoms with Gasteiger partial charge in [0.2, 0.25) is 0 Å². The summed E-state index contributed by atoms with van der Waals surface area (Å²) >= 11 is 0. The van der Waals surface area contributed by atoms with E-state index < -0.39 is 0 Å². The number of ether oxygens (including phenoxy) is 2. The molecule has 0 saturated heterocycles. The smallest absolute Gasteiger partial charge is 0.251 e. The molecule has 0 atom stereocenters. The van der Waals surface area contributed by atoms with Crippen LogP contribution in [-0.4, -0.2) is 52.2 Å². The molecule has 0 fully saturated rings. The minimum absolute atomic E-state index is 0.126. The summed E-state index contributed by atoms with van der Waals surface area (Å²) in [6.07, 6.45) is 0. The van der Waals surface area contributed by atoms with Gasteiger partial charge in [-0.1, -0.05) is 0 Å². The van der Waals surface area contributed by atoms with Crippen molar-refractivity contribution in [3.8, 4) is 11.5 Å². The van der Waals surface area contributed by atoms with E-state index >= 15 is 0 Å². The third-order valence-electron chi connectivity index (χ3n) is 2.86. The summed E-state index contributed by atoms with van der Waals surface area (Å²) in [6.45, 7) is 3.29. The van der Waals surface area contributed by atoms with Gasteiger partial charge in [-0.25, -0.2) is 0 Å². The highest BCUT2D eigenvalue weighted by molar-refractivity contribution is 5.95. The molecule has 0 bridgehead atoms. The number of hydrogen-bond donors (Lipinski definition) is 1. The summed E-state index contributed by atoms with van der Waals surface area (Å²) in [5.74, 6) is 1.17. The molecule has 0 aromatic heterocycles. The number of benzene rings is 1. The number of carbonyl (C=O) groups excluding carboxylic acids is 1. The number of amides is 1. The van der Waals surface area contributed by atoms with Crippen molar-refractivity contribution in [3.05, 3.63) is 23.3 Å². The van der Waals surface area contributed by atoms with Crippen LogP contribution in [0.15, 0.2) is 12.1 Å². The van der Waals surface area contributed by atoms with Gasteiger partial charge in [-0.3, -0.25) is 4.79 Å². The van der Waals surface area contributed by atoms with Crippen molar-refractivity contribution in [1.82, 2.24) is 10.2 Å². The maximum atomic E-state index is 12.0. The number of nitrogens with one attached hydrogen (secondary N) is 1. The van der Waals surface area contributed by atoms with Gasteiger partial charge in [0.05, 0.1) is 14.2 Å². The van der Waals surface area contributed by atoms with Crippen LogP contribution >= 0.6 is 0 Å². The van der Waals surface area contributed by atoms with Crippen LogP contribution < -0.4 is 14.8 Å². The second kappa shape index (κ2) is 6.99. The lowest BCUT2D eigenvalue weighted by Crippen LogP contribution is -2.31. The SMILES string of the molecule is COc1cc(C(=O)NCCN(C)C)cc(OC)c1C. The number of hydrogen-bond acceptors (Lipinski definition) is 4. The predicted octanol–water partition coefficient (Wildman–Crippen LogP) is 1.30. The summed E-state index contributed by atoms with van der Waals surface area (Å²) in [5, 5.41) is 2.86. The van der Waals surface area contributed by atoms with Gasteiger partial charge in [0.1, 0.15) is 11.5 Å². The van der Waals surface area contributed by atoms with Gasteiger partial charge in [-0.05, 0) is 33.2 Å². The summed E-state index contributed by atoms with van der Waals surface area (Å²) in [5.41, 5.74) is 1.42. The third kappa shape index (κ3) is 4.13. The van der Waals surface area contributed by atoms with Gasteiger partial charge in [-0.15, -0.1) is 0 Å². The van der Waals surface area contributed by atoms with Crippen molar-refractivity contribution < 1.29 is 14.3 Å². The zero-order valence-electron chi connectivity index (χ0n) is 12.2. The average molecular weight is 266 g/mol. The van der Waals surface area contributed by atoms with Crippen LogP contribution in [0.2, 0.25) is 0 Å². The maximum Gasteiger partial charge on any atom is 0.251 e. The lowest BCUT2D eigenvalue weighted by Gasteiger charge is -2.13. The number of nitrogens with zero attached hydrogens (tertiary/aromatic N) is 1. The van der Waals surface area contributed by atoms with E-state index in [0.29, 0.717) is 23.6 Å². The van der Waals surface area contributed by atoms with E-state index in [-0.39, 0.29) is 5.91 Å². The molecule has 1 amide bonds. The standard InChI is InChI=1S/C14H22N2O3/c1-10-12(18-4)8-11(9-13(10)19-5)14(17)15-6-7-16(2)3/h8-9H,6-7H2,1-5H3,(H,15,17). The van der Waals surface area contributed by atoms with Crippen LogP contribution in [0.5, 0.6) is 11.5 Å². The largest absolute Gasteiger partial charge is 0.496 e. The van der Waals surface area contributed by atoms with Crippen LogP contribution in [0.4, 0.5) is 0 Å². The van der Waals surface area contributed by atoms with Crippen molar-refractivity contribution in [2.24, 2.45) is 0 Å². The minimum Gasteiger partial charge on any atom is -0.496 e. The molecule has 0 saturated carbocycles. The molecule has 19 heavy (non-hydrogen) atoms. The molecule has 1 aromatic rings. The quantitative estimate of drug-likeness (QED) is 0.843. The number of carbonyl (C=O) groups is 1. The van der Waals surface area contributed by atoms with Crippen molar-refractivity contribution in [2.45, 2.75) is 6.92 Å². The van der Waals surface area contributed by atoms with Gasteiger partial charge in [0.15, 0.2) is 0 Å². The van der Waals surface area contributed by atoms with E-state index in [1.807, 2.05) is 25.9 Å². The Morgan fingerprint density at radius 3 is 2.16 bits per heavy atom. The average Bonchev–Trinajstić information content (AvgIpc) is 2.38. The summed E-state index contributed by atoms with van der Waals surface area (Å²) < 4.78 is 10.5. The Morgan fingerprint density at radius 1 is 1.21 bits per heavy atom. The molecule has 0 aliphatic rings. The fraction of sp³-hybridized carbons (Fsp3) is 0.500. The van der Waals surface area contributed by atoms with Crippen LogP contribution in [0.25, 0.3) is 0 Å². The molecule has 0 radical (unpaired) electrons. The molecule has 0 aliphatic heterocycles. The van der Waals surface area contributed by atoms with Crippen molar-refractivity contribution >= 4 is 5.91 Å². The van der Waals surface area contributed by atoms with Crippen LogP contribution in [0.1, 0.15) is 15.9 Å². The van der Waals surface area contributed by atoms with Crippen LogP contribution in [0.3, 0.4) is 0 Å². The Labute approximate surface area is 114 Å². The minimum atomic E-state index is -0.126. The van der Waals surface area contributed by atoms with Crippen molar-refractivity contribution in [2.75, 3.05) is 41.4 Å². The number of likely N-dealkylation sites (N-methyl/N-ethyl adjacent to an activating group) is 1. The monoisotopic (exact) mass is 266 g/mol. The lowest BCUT2D eigenvalue weighted by molar-refractivity contribution is 0.0950. The van der Waals surface area contributed by atoms with Gasteiger partial charge in [0, 0.05) is 24.2 Å². The number of methoxy groups -OCH3 is 2. The van der Waals surface area contributed by atoms with Gasteiger partial charge in [0.25, 0.3) is 5.91 Å². The van der Waals surface area contributed by atoms with Crippen LogP contribution in [-0.2, 0) is 0 Å². The molecule has 0 aliphatic carbocycles. The lowest BCUT2D eigenvalue weighted by atomic mass is 10.1. The molecule has 1 rings (SSSR count). The van der Waals surface area contributed by atoms with E-state index in [9.17, 15) is 4.79 Å². The molecule has 5 nitrogen and oxygen atoms in total. The van der Waals surface area contributed by atoms with Gasteiger partial charge in [-0.2, -0.15) is 0 Å². The van der Waals surface area contributed by atoms with Gasteiger partial charge >= 0.3 is 0 Å². The highest BCUT2D eigenvalue weighted by Gasteiger charge is 2.13. The molecule has 1 aromatic carbocycles. The molecular weight excluding hydrogens is 244 g/mol. The Bertz CT molecular complexity index is 419. The van der Waals surface area contributed by atoms with Gasteiger partial charge < -0.3 is 19.7 Å². The topological polar surface area (TPSA) is 50.8 Å². The first kappa shape index (κ1) is 15.3. The second-order valence-electron chi connectivity index (χ2n) is 4.56. The Kier molecular flexibility index (Phi) is 5.63. The van der Waals surface area contributed by atoms with E-state index in [0.717, 1.165) is 12.1 Å². The zero-order valence-corrected chi connectivity index (χ0v) is 12.2. The molecule has 106 valence electrons. The fourth-order valence-corrected chi connectivity index (χ4v) is 1.71. The predicted molar refractivity (Wildman–Crippen MR) is 75.2 cm³/mol. The Morgan fingerprint density at radius 2 is 1.74 bits per heavy atom.